The van der Waals surface area contributed by atoms with Crippen LogP contribution in [0.1, 0.15) is 36.5 Å². The molecule has 5 nitrogen and oxygen atoms in total. The number of amides is 1. The molecule has 3 rings (SSSR count). The third-order valence-corrected chi connectivity index (χ3v) is 4.95. The highest BCUT2D eigenvalue weighted by Gasteiger charge is 2.30. The van der Waals surface area contributed by atoms with Crippen molar-refractivity contribution in [2.24, 2.45) is 5.73 Å². The summed E-state index contributed by atoms with van der Waals surface area (Å²) in [6, 6.07) is 6.85. The lowest BCUT2D eigenvalue weighted by Crippen LogP contribution is -2.51. The van der Waals surface area contributed by atoms with Crippen LogP contribution in [0.3, 0.4) is 0 Å². The van der Waals surface area contributed by atoms with Gasteiger partial charge in [-0.3, -0.25) is 9.59 Å². The minimum absolute atomic E-state index is 0.0257. The molecular weight excluding hydrogens is 358 g/mol. The quantitative estimate of drug-likeness (QED) is 0.843. The van der Waals surface area contributed by atoms with E-state index in [1.807, 2.05) is 24.0 Å². The second-order valence-electron chi connectivity index (χ2n) is 6.16. The maximum absolute atomic E-state index is 13.1. The zero-order chi connectivity index (χ0) is 16.6. The Labute approximate surface area is 143 Å². The van der Waals surface area contributed by atoms with Gasteiger partial charge in [0.1, 0.15) is 0 Å². The van der Waals surface area contributed by atoms with Gasteiger partial charge in [-0.05, 0) is 44.4 Å². The van der Waals surface area contributed by atoms with Crippen molar-refractivity contribution in [2.45, 2.75) is 38.3 Å². The van der Waals surface area contributed by atoms with Crippen molar-refractivity contribution in [3.8, 4) is 0 Å². The molecule has 0 spiro atoms. The van der Waals surface area contributed by atoms with Gasteiger partial charge in [-0.25, -0.2) is 0 Å². The van der Waals surface area contributed by atoms with Crippen molar-refractivity contribution in [1.82, 2.24) is 9.88 Å². The Kier molecular flexibility index (Phi) is 4.55. The number of H-pyrrole nitrogens is 1. The number of halogens is 1. The molecule has 23 heavy (non-hydrogen) atoms. The van der Waals surface area contributed by atoms with Gasteiger partial charge in [-0.15, -0.1) is 0 Å². The molecule has 122 valence electrons. The summed E-state index contributed by atoms with van der Waals surface area (Å²) in [6.45, 7) is 2.62. The number of nitrogens with two attached hydrogens (primary N) is 1. The second-order valence-corrected chi connectivity index (χ2v) is 7.07. The Bertz CT molecular complexity index is 800. The van der Waals surface area contributed by atoms with E-state index in [2.05, 4.69) is 20.9 Å². The highest BCUT2D eigenvalue weighted by atomic mass is 79.9. The molecule has 0 aliphatic carbocycles. The summed E-state index contributed by atoms with van der Waals surface area (Å²) in [5, 5.41) is 0.748. The molecule has 1 fully saturated rings. The number of hydrogen-bond donors (Lipinski definition) is 2. The molecule has 0 saturated carbocycles. The molecule has 1 amide bonds. The first-order valence-corrected chi connectivity index (χ1v) is 8.66. The van der Waals surface area contributed by atoms with Gasteiger partial charge in [0.25, 0.3) is 5.91 Å². The number of carbonyl (C=O) groups excluding carboxylic acids is 1. The fourth-order valence-corrected chi connectivity index (χ4v) is 3.67. The van der Waals surface area contributed by atoms with Crippen LogP contribution >= 0.6 is 15.9 Å². The van der Waals surface area contributed by atoms with E-state index in [9.17, 15) is 9.59 Å². The van der Waals surface area contributed by atoms with Crippen molar-refractivity contribution in [3.63, 3.8) is 0 Å². The van der Waals surface area contributed by atoms with Crippen molar-refractivity contribution in [1.29, 1.82) is 0 Å². The molecule has 1 aromatic heterocycles. The zero-order valence-corrected chi connectivity index (χ0v) is 14.6. The molecular formula is C17H20BrN3O2. The zero-order valence-electron chi connectivity index (χ0n) is 13.0. The summed E-state index contributed by atoms with van der Waals surface area (Å²) < 4.78 is 0.869. The highest BCUT2D eigenvalue weighted by molar-refractivity contribution is 9.10. The molecule has 3 N–H and O–H groups in total. The van der Waals surface area contributed by atoms with Gasteiger partial charge in [0.15, 0.2) is 0 Å². The van der Waals surface area contributed by atoms with E-state index in [-0.39, 0.29) is 23.6 Å². The predicted octanol–water partition coefficient (Wildman–Crippen LogP) is 2.63. The molecule has 0 bridgehead atoms. The van der Waals surface area contributed by atoms with Crippen LogP contribution in [0.5, 0.6) is 0 Å². The van der Waals surface area contributed by atoms with Crippen LogP contribution in [0.4, 0.5) is 0 Å². The number of rotatable bonds is 2. The normalized spacial score (nSPS) is 19.8. The van der Waals surface area contributed by atoms with Gasteiger partial charge in [-0.2, -0.15) is 0 Å². The van der Waals surface area contributed by atoms with E-state index in [1.54, 1.807) is 6.07 Å². The third kappa shape index (κ3) is 3.19. The van der Waals surface area contributed by atoms with Gasteiger partial charge in [0.2, 0.25) is 5.56 Å². The topological polar surface area (TPSA) is 79.2 Å². The average molecular weight is 378 g/mol. The number of nitrogens with one attached hydrogen (secondary N) is 1. The third-order valence-electron chi connectivity index (χ3n) is 4.45. The lowest BCUT2D eigenvalue weighted by Gasteiger charge is -2.38. The molecule has 1 aliphatic heterocycles. The number of nitrogens with zero attached hydrogens (tertiary/aromatic N) is 1. The lowest BCUT2D eigenvalue weighted by molar-refractivity contribution is 0.0585. The fraction of sp³-hybridized carbons (Fsp3) is 0.412. The Hall–Kier alpha value is -1.66. The van der Waals surface area contributed by atoms with Gasteiger partial charge in [0, 0.05) is 40.1 Å². The summed E-state index contributed by atoms with van der Waals surface area (Å²) >= 11 is 3.43. The smallest absolute Gasteiger partial charge is 0.255 e. The monoisotopic (exact) mass is 377 g/mol. The second kappa shape index (κ2) is 6.45. The number of benzene rings is 1. The average Bonchev–Trinajstić information content (AvgIpc) is 2.54. The van der Waals surface area contributed by atoms with Gasteiger partial charge >= 0.3 is 0 Å². The lowest BCUT2D eigenvalue weighted by atomic mass is 9.95. The minimum atomic E-state index is -0.266. The summed E-state index contributed by atoms with van der Waals surface area (Å²) in [5.41, 5.74) is 6.91. The van der Waals surface area contributed by atoms with Crippen LogP contribution in [0.25, 0.3) is 10.9 Å². The van der Waals surface area contributed by atoms with Crippen LogP contribution in [0.15, 0.2) is 33.5 Å². The van der Waals surface area contributed by atoms with Crippen molar-refractivity contribution < 1.29 is 4.79 Å². The summed E-state index contributed by atoms with van der Waals surface area (Å²) in [6.07, 6.45) is 2.96. The van der Waals surface area contributed by atoms with Crippen molar-refractivity contribution in [2.75, 3.05) is 6.54 Å². The van der Waals surface area contributed by atoms with Gasteiger partial charge in [0.05, 0.1) is 5.56 Å². The number of likely N-dealkylation sites (tertiary alicyclic amines) is 1. The Morgan fingerprint density at radius 1 is 1.39 bits per heavy atom. The van der Waals surface area contributed by atoms with Crippen LogP contribution in [0.2, 0.25) is 0 Å². The largest absolute Gasteiger partial charge is 0.334 e. The summed E-state index contributed by atoms with van der Waals surface area (Å²) in [7, 11) is 0. The summed E-state index contributed by atoms with van der Waals surface area (Å²) in [5.74, 6) is -0.110. The molecule has 6 heteroatoms. The molecule has 2 heterocycles. The molecule has 1 aliphatic rings. The molecule has 2 atom stereocenters. The maximum Gasteiger partial charge on any atom is 0.255 e. The van der Waals surface area contributed by atoms with Crippen LogP contribution in [-0.4, -0.2) is 34.4 Å². The molecule has 2 unspecified atom stereocenters. The minimum Gasteiger partial charge on any atom is -0.334 e. The number of aromatic nitrogens is 1. The number of aromatic amines is 1. The SMILES string of the molecule is CC(N)C1CCCCN1C(=O)c1cc(=O)[nH]c2ccc(Br)cc12. The summed E-state index contributed by atoms with van der Waals surface area (Å²) in [4.78, 5) is 29.6. The molecule has 1 saturated heterocycles. The predicted molar refractivity (Wildman–Crippen MR) is 94.6 cm³/mol. The standard InChI is InChI=1S/C17H20BrN3O2/c1-10(19)15-4-2-3-7-21(15)17(23)13-9-16(22)20-14-6-5-11(18)8-12(13)14/h5-6,8-10,15H,2-4,7,19H2,1H3,(H,20,22). The first-order chi connectivity index (χ1) is 11.0. The van der Waals surface area contributed by atoms with E-state index in [0.29, 0.717) is 17.6 Å². The number of pyridine rings is 1. The molecule has 0 radical (unpaired) electrons. The number of piperidine rings is 1. The van der Waals surface area contributed by atoms with Crippen molar-refractivity contribution >= 4 is 32.7 Å². The van der Waals surface area contributed by atoms with Gasteiger partial charge < -0.3 is 15.6 Å². The Morgan fingerprint density at radius 2 is 2.17 bits per heavy atom. The highest BCUT2D eigenvalue weighted by Crippen LogP contribution is 2.25. The first-order valence-electron chi connectivity index (χ1n) is 7.86. The Morgan fingerprint density at radius 3 is 2.91 bits per heavy atom. The maximum atomic E-state index is 13.1. The van der Waals surface area contributed by atoms with E-state index in [4.69, 9.17) is 5.73 Å². The van der Waals surface area contributed by atoms with E-state index in [1.165, 1.54) is 6.07 Å². The van der Waals surface area contributed by atoms with Crippen molar-refractivity contribution in [3.05, 3.63) is 44.7 Å². The van der Waals surface area contributed by atoms with E-state index >= 15 is 0 Å². The van der Waals surface area contributed by atoms with Crippen LogP contribution < -0.4 is 11.3 Å². The molecule has 1 aromatic carbocycles. The molecule has 2 aromatic rings. The number of hydrogen-bond acceptors (Lipinski definition) is 3. The fourth-order valence-electron chi connectivity index (χ4n) is 3.31. The number of fused-ring (bicyclic) bond motifs is 1. The Balaban J connectivity index is 2.09. The van der Waals surface area contributed by atoms with Crippen LogP contribution in [-0.2, 0) is 0 Å². The van der Waals surface area contributed by atoms with Crippen LogP contribution in [0, 0.1) is 0 Å². The van der Waals surface area contributed by atoms with E-state index in [0.717, 1.165) is 29.1 Å². The first kappa shape index (κ1) is 16.2. The van der Waals surface area contributed by atoms with Gasteiger partial charge in [-0.1, -0.05) is 15.9 Å². The van der Waals surface area contributed by atoms with E-state index < -0.39 is 0 Å². The number of carbonyl (C=O) groups is 1.